The monoisotopic (exact) mass is 414 g/mol. The summed E-state index contributed by atoms with van der Waals surface area (Å²) in [7, 11) is 0. The molecule has 3 rings (SSSR count). The van der Waals surface area contributed by atoms with E-state index in [1.54, 1.807) is 18.3 Å². The maximum absolute atomic E-state index is 12.7. The number of benzene rings is 1. The fraction of sp³-hybridized carbons (Fsp3) is 0.333. The smallest absolute Gasteiger partial charge is 0.352 e. The van der Waals surface area contributed by atoms with Gasteiger partial charge < -0.3 is 15.1 Å². The zero-order chi connectivity index (χ0) is 19.6. The summed E-state index contributed by atoms with van der Waals surface area (Å²) in [6.45, 7) is 4.06. The maximum Gasteiger partial charge on any atom is 0.416 e. The van der Waals surface area contributed by atoms with Gasteiger partial charge in [-0.25, -0.2) is 4.98 Å². The number of alkyl halides is 3. The van der Waals surface area contributed by atoms with Crippen LogP contribution < -0.4 is 10.2 Å². The molecule has 0 bridgehead atoms. The molecular formula is C18H18ClF3N4S. The quantitative estimate of drug-likeness (QED) is 0.722. The zero-order valence-corrected chi connectivity index (χ0v) is 16.1. The van der Waals surface area contributed by atoms with Crippen molar-refractivity contribution >= 4 is 40.4 Å². The lowest BCUT2D eigenvalue weighted by atomic mass is 10.2. The van der Waals surface area contributed by atoms with Crippen molar-refractivity contribution in [3.63, 3.8) is 0 Å². The van der Waals surface area contributed by atoms with Gasteiger partial charge in [0.15, 0.2) is 5.11 Å². The Bertz CT molecular complexity index is 813. The van der Waals surface area contributed by atoms with E-state index in [1.807, 2.05) is 11.8 Å². The summed E-state index contributed by atoms with van der Waals surface area (Å²) >= 11 is 11.7. The molecule has 9 heteroatoms. The number of hydrogen-bond donors (Lipinski definition) is 1. The van der Waals surface area contributed by atoms with Crippen molar-refractivity contribution in [2.75, 3.05) is 29.9 Å². The van der Waals surface area contributed by atoms with E-state index in [9.17, 15) is 13.2 Å². The summed E-state index contributed by atoms with van der Waals surface area (Å²) in [6.07, 6.45) is -2.65. The summed E-state index contributed by atoms with van der Waals surface area (Å²) in [5.74, 6) is 0.743. The zero-order valence-electron chi connectivity index (χ0n) is 14.5. The van der Waals surface area contributed by atoms with Gasteiger partial charge in [0.25, 0.3) is 0 Å². The first kappa shape index (κ1) is 19.7. The Hall–Kier alpha value is -2.06. The van der Waals surface area contributed by atoms with E-state index in [1.165, 1.54) is 12.1 Å². The highest BCUT2D eigenvalue weighted by Gasteiger charge is 2.30. The second kappa shape index (κ2) is 7.90. The second-order valence-corrected chi connectivity index (χ2v) is 7.10. The van der Waals surface area contributed by atoms with Gasteiger partial charge in [0.05, 0.1) is 10.6 Å². The van der Waals surface area contributed by atoms with Crippen LogP contribution in [-0.4, -0.2) is 40.7 Å². The number of aromatic nitrogens is 1. The molecule has 0 aliphatic carbocycles. The van der Waals surface area contributed by atoms with Crippen LogP contribution in [0.2, 0.25) is 5.02 Å². The number of piperazine rings is 1. The van der Waals surface area contributed by atoms with Crippen LogP contribution >= 0.6 is 23.8 Å². The highest BCUT2D eigenvalue weighted by atomic mass is 35.5. The second-order valence-electron chi connectivity index (χ2n) is 6.30. The van der Waals surface area contributed by atoms with Crippen molar-refractivity contribution in [1.29, 1.82) is 0 Å². The summed E-state index contributed by atoms with van der Waals surface area (Å²) < 4.78 is 38.0. The van der Waals surface area contributed by atoms with Crippen LogP contribution in [0.3, 0.4) is 0 Å². The van der Waals surface area contributed by atoms with Crippen LogP contribution in [0.1, 0.15) is 12.5 Å². The lowest BCUT2D eigenvalue weighted by molar-refractivity contribution is -0.137. The predicted octanol–water partition coefficient (Wildman–Crippen LogP) is 4.66. The minimum absolute atomic E-state index is 0.0891. The summed E-state index contributed by atoms with van der Waals surface area (Å²) in [5.41, 5.74) is -0.163. The van der Waals surface area contributed by atoms with Crippen LogP contribution in [0.4, 0.5) is 24.7 Å². The predicted molar refractivity (Wildman–Crippen MR) is 105 cm³/mol. The van der Waals surface area contributed by atoms with Crippen LogP contribution in [0, 0.1) is 0 Å². The first-order chi connectivity index (χ1) is 12.8. The maximum atomic E-state index is 12.7. The Morgan fingerprint density at radius 1 is 1.22 bits per heavy atom. The van der Waals surface area contributed by atoms with Crippen LogP contribution in [0.15, 0.2) is 42.6 Å². The molecule has 27 heavy (non-hydrogen) atoms. The lowest BCUT2D eigenvalue weighted by Crippen LogP contribution is -2.55. The van der Waals surface area contributed by atoms with E-state index >= 15 is 0 Å². The first-order valence-electron chi connectivity index (χ1n) is 8.36. The molecule has 1 aromatic carbocycles. The van der Waals surface area contributed by atoms with E-state index in [-0.39, 0.29) is 6.04 Å². The molecule has 144 valence electrons. The van der Waals surface area contributed by atoms with Crippen LogP contribution in [0.25, 0.3) is 0 Å². The number of halogens is 4. The van der Waals surface area contributed by atoms with E-state index in [4.69, 9.17) is 23.8 Å². The number of hydrogen-bond acceptors (Lipinski definition) is 3. The molecule has 1 aromatic heterocycles. The van der Waals surface area contributed by atoms with Crippen LogP contribution in [-0.2, 0) is 6.18 Å². The molecule has 1 unspecified atom stereocenters. The number of nitrogens with one attached hydrogen (secondary N) is 1. The standard InChI is InChI=1S/C18H18ClF3N4S/c1-12-11-25(16-15(19)3-2-8-23-16)9-10-26(12)17(27)24-14-6-4-13(5-7-14)18(20,21)22/h2-8,12H,9-11H2,1H3,(H,24,27). The number of nitrogens with zero attached hydrogens (tertiary/aromatic N) is 3. The van der Waals surface area contributed by atoms with Gasteiger partial charge in [0, 0.05) is 37.6 Å². The molecule has 2 heterocycles. The molecule has 0 saturated carbocycles. The van der Waals surface area contributed by atoms with Crippen molar-refractivity contribution in [3.05, 3.63) is 53.2 Å². The third-order valence-electron chi connectivity index (χ3n) is 4.39. The molecule has 1 fully saturated rings. The third-order valence-corrected chi connectivity index (χ3v) is 5.02. The van der Waals surface area contributed by atoms with Gasteiger partial charge in [-0.1, -0.05) is 11.6 Å². The minimum Gasteiger partial charge on any atom is -0.352 e. The summed E-state index contributed by atoms with van der Waals surface area (Å²) in [4.78, 5) is 8.45. The van der Waals surface area contributed by atoms with Crippen LogP contribution in [0.5, 0.6) is 0 Å². The largest absolute Gasteiger partial charge is 0.416 e. The SMILES string of the molecule is CC1CN(c2ncccc2Cl)CCN1C(=S)Nc1ccc(C(F)(F)F)cc1. The number of thiocarbonyl (C=S) groups is 1. The molecule has 0 radical (unpaired) electrons. The average Bonchev–Trinajstić information content (AvgIpc) is 2.61. The van der Waals surface area contributed by atoms with Gasteiger partial charge in [-0.05, 0) is 55.5 Å². The van der Waals surface area contributed by atoms with Crippen molar-refractivity contribution in [1.82, 2.24) is 9.88 Å². The minimum atomic E-state index is -4.35. The molecule has 1 aliphatic heterocycles. The van der Waals surface area contributed by atoms with Gasteiger partial charge in [0.2, 0.25) is 0 Å². The molecular weight excluding hydrogens is 397 g/mol. The molecule has 2 aromatic rings. The molecule has 1 N–H and O–H groups in total. The van der Waals surface area contributed by atoms with E-state index in [0.717, 1.165) is 18.0 Å². The van der Waals surface area contributed by atoms with Gasteiger partial charge in [0.1, 0.15) is 5.82 Å². The molecule has 1 atom stereocenters. The Labute approximate surface area is 165 Å². The fourth-order valence-electron chi connectivity index (χ4n) is 3.00. The Kier molecular flexibility index (Phi) is 5.76. The fourth-order valence-corrected chi connectivity index (χ4v) is 3.63. The topological polar surface area (TPSA) is 31.4 Å². The third kappa shape index (κ3) is 4.62. The van der Waals surface area contributed by atoms with Gasteiger partial charge in [-0.2, -0.15) is 13.2 Å². The van der Waals surface area contributed by atoms with Gasteiger partial charge in [-0.3, -0.25) is 0 Å². The van der Waals surface area contributed by atoms with Crippen molar-refractivity contribution in [2.45, 2.75) is 19.1 Å². The lowest BCUT2D eigenvalue weighted by Gasteiger charge is -2.41. The van der Waals surface area contributed by atoms with E-state index < -0.39 is 11.7 Å². The van der Waals surface area contributed by atoms with E-state index in [0.29, 0.717) is 35.5 Å². The highest BCUT2D eigenvalue weighted by molar-refractivity contribution is 7.80. The van der Waals surface area contributed by atoms with Crippen molar-refractivity contribution < 1.29 is 13.2 Å². The highest BCUT2D eigenvalue weighted by Crippen LogP contribution is 2.30. The molecule has 0 spiro atoms. The van der Waals surface area contributed by atoms with Gasteiger partial charge in [-0.15, -0.1) is 0 Å². The normalized spacial score (nSPS) is 17.7. The molecule has 1 saturated heterocycles. The Morgan fingerprint density at radius 2 is 1.93 bits per heavy atom. The average molecular weight is 415 g/mol. The summed E-state index contributed by atoms with van der Waals surface area (Å²) in [5, 5.41) is 4.10. The first-order valence-corrected chi connectivity index (χ1v) is 9.14. The number of anilines is 2. The van der Waals surface area contributed by atoms with E-state index in [2.05, 4.69) is 15.2 Å². The molecule has 1 aliphatic rings. The molecule has 4 nitrogen and oxygen atoms in total. The van der Waals surface area contributed by atoms with Crippen molar-refractivity contribution in [2.24, 2.45) is 0 Å². The van der Waals surface area contributed by atoms with Gasteiger partial charge >= 0.3 is 6.18 Å². The Morgan fingerprint density at radius 3 is 2.52 bits per heavy atom. The van der Waals surface area contributed by atoms with Crippen molar-refractivity contribution in [3.8, 4) is 0 Å². The summed E-state index contributed by atoms with van der Waals surface area (Å²) in [6, 6.07) is 8.51. The number of pyridine rings is 1. The molecule has 0 amide bonds. The Balaban J connectivity index is 1.62. The number of rotatable bonds is 2.